The maximum absolute atomic E-state index is 12.3. The number of halogens is 1. The first-order valence-corrected chi connectivity index (χ1v) is 8.57. The van der Waals surface area contributed by atoms with Crippen molar-refractivity contribution in [3.63, 3.8) is 0 Å². The van der Waals surface area contributed by atoms with E-state index >= 15 is 0 Å². The van der Waals surface area contributed by atoms with Gasteiger partial charge in [0.1, 0.15) is 5.69 Å². The molecule has 0 saturated heterocycles. The molecule has 0 spiro atoms. The number of aromatic nitrogens is 3. The third-order valence-corrected chi connectivity index (χ3v) is 3.91. The molecule has 3 rings (SSSR count). The number of anilines is 1. The Kier molecular flexibility index (Phi) is 6.11. The van der Waals surface area contributed by atoms with Crippen LogP contribution in [0.5, 0.6) is 0 Å². The van der Waals surface area contributed by atoms with Crippen LogP contribution in [-0.2, 0) is 13.0 Å². The number of hydrogen-bond donors (Lipinski definition) is 2. The van der Waals surface area contributed by atoms with Crippen molar-refractivity contribution in [2.45, 2.75) is 13.0 Å². The highest BCUT2D eigenvalue weighted by atomic mass is 35.5. The molecule has 1 aromatic carbocycles. The predicted octanol–water partition coefficient (Wildman–Crippen LogP) is 3.11. The minimum atomic E-state index is -0.235. The van der Waals surface area contributed by atoms with Crippen molar-refractivity contribution in [2.75, 3.05) is 11.9 Å². The normalized spacial score (nSPS) is 10.3. The largest absolute Gasteiger partial charge is 0.350 e. The number of nitrogens with zero attached hydrogens (tertiary/aromatic N) is 3. The van der Waals surface area contributed by atoms with Gasteiger partial charge in [-0.1, -0.05) is 23.7 Å². The van der Waals surface area contributed by atoms with Crippen LogP contribution in [0.25, 0.3) is 0 Å². The second-order valence-electron chi connectivity index (χ2n) is 5.61. The summed E-state index contributed by atoms with van der Waals surface area (Å²) in [6.07, 6.45) is 5.71. The first-order chi connectivity index (χ1) is 12.7. The molecule has 0 saturated carbocycles. The summed E-state index contributed by atoms with van der Waals surface area (Å²) in [7, 11) is 0. The van der Waals surface area contributed by atoms with E-state index in [-0.39, 0.29) is 5.91 Å². The quantitative estimate of drug-likeness (QED) is 0.670. The van der Waals surface area contributed by atoms with Crippen LogP contribution in [-0.4, -0.2) is 27.4 Å². The van der Waals surface area contributed by atoms with Crippen molar-refractivity contribution in [1.82, 2.24) is 20.3 Å². The van der Waals surface area contributed by atoms with Crippen molar-refractivity contribution in [1.29, 1.82) is 0 Å². The molecule has 26 heavy (non-hydrogen) atoms. The molecule has 0 atom stereocenters. The van der Waals surface area contributed by atoms with Crippen LogP contribution in [0.4, 0.5) is 5.95 Å². The standard InChI is InChI=1S/C19H18ClN5O/c20-16-3-1-2-14(12-16)6-10-22-18(26)17-7-11-23-19(25-17)24-13-15-4-8-21-9-5-15/h1-5,7-9,11-12H,6,10,13H2,(H,22,26)(H,23,24,25). The number of amides is 1. The van der Waals surface area contributed by atoms with Gasteiger partial charge in [-0.2, -0.15) is 0 Å². The average molecular weight is 368 g/mol. The van der Waals surface area contributed by atoms with E-state index in [9.17, 15) is 4.79 Å². The monoisotopic (exact) mass is 367 g/mol. The summed E-state index contributed by atoms with van der Waals surface area (Å²) < 4.78 is 0. The van der Waals surface area contributed by atoms with Gasteiger partial charge >= 0.3 is 0 Å². The smallest absolute Gasteiger partial charge is 0.270 e. The molecular formula is C19H18ClN5O. The maximum atomic E-state index is 12.3. The van der Waals surface area contributed by atoms with Crippen molar-refractivity contribution in [3.05, 3.63) is 82.9 Å². The average Bonchev–Trinajstić information content (AvgIpc) is 2.67. The molecule has 0 radical (unpaired) electrons. The molecule has 0 fully saturated rings. The number of carbonyl (C=O) groups excluding carboxylic acids is 1. The summed E-state index contributed by atoms with van der Waals surface area (Å²) in [6.45, 7) is 1.06. The molecule has 0 unspecified atom stereocenters. The van der Waals surface area contributed by atoms with E-state index in [1.54, 1.807) is 24.7 Å². The van der Waals surface area contributed by atoms with Crippen LogP contribution in [0.2, 0.25) is 5.02 Å². The summed E-state index contributed by atoms with van der Waals surface area (Å²) >= 11 is 5.96. The summed E-state index contributed by atoms with van der Waals surface area (Å²) in [6, 6.07) is 13.0. The number of rotatable bonds is 7. The van der Waals surface area contributed by atoms with Crippen LogP contribution in [0.1, 0.15) is 21.6 Å². The van der Waals surface area contributed by atoms with Gasteiger partial charge in [-0.3, -0.25) is 9.78 Å². The van der Waals surface area contributed by atoms with E-state index in [1.165, 1.54) is 0 Å². The van der Waals surface area contributed by atoms with Crippen LogP contribution >= 0.6 is 11.6 Å². The highest BCUT2D eigenvalue weighted by Gasteiger charge is 2.08. The van der Waals surface area contributed by atoms with Gasteiger partial charge in [0.05, 0.1) is 0 Å². The Bertz CT molecular complexity index is 873. The fourth-order valence-electron chi connectivity index (χ4n) is 2.36. The zero-order valence-corrected chi connectivity index (χ0v) is 14.8. The van der Waals surface area contributed by atoms with E-state index in [1.807, 2.05) is 36.4 Å². The van der Waals surface area contributed by atoms with Gasteiger partial charge in [-0.25, -0.2) is 9.97 Å². The molecule has 0 aliphatic carbocycles. The molecule has 0 aliphatic heterocycles. The van der Waals surface area contributed by atoms with E-state index in [0.29, 0.717) is 36.2 Å². The molecule has 132 valence electrons. The highest BCUT2D eigenvalue weighted by Crippen LogP contribution is 2.10. The maximum Gasteiger partial charge on any atom is 0.270 e. The van der Waals surface area contributed by atoms with Gasteiger partial charge in [0, 0.05) is 36.7 Å². The van der Waals surface area contributed by atoms with E-state index in [2.05, 4.69) is 25.6 Å². The molecule has 0 bridgehead atoms. The zero-order valence-electron chi connectivity index (χ0n) is 14.0. The lowest BCUT2D eigenvalue weighted by Gasteiger charge is -2.08. The second kappa shape index (κ2) is 8.92. The summed E-state index contributed by atoms with van der Waals surface area (Å²) in [5, 5.41) is 6.65. The summed E-state index contributed by atoms with van der Waals surface area (Å²) in [5.74, 6) is 0.172. The van der Waals surface area contributed by atoms with Crippen LogP contribution in [0, 0.1) is 0 Å². The Morgan fingerprint density at radius 2 is 1.88 bits per heavy atom. The minimum absolute atomic E-state index is 0.235. The summed E-state index contributed by atoms with van der Waals surface area (Å²) in [5.41, 5.74) is 2.45. The molecule has 2 N–H and O–H groups in total. The van der Waals surface area contributed by atoms with Crippen molar-refractivity contribution in [3.8, 4) is 0 Å². The lowest BCUT2D eigenvalue weighted by molar-refractivity contribution is 0.0949. The third kappa shape index (κ3) is 5.26. The van der Waals surface area contributed by atoms with Crippen molar-refractivity contribution in [2.24, 2.45) is 0 Å². The van der Waals surface area contributed by atoms with E-state index in [0.717, 1.165) is 11.1 Å². The molecular weight excluding hydrogens is 350 g/mol. The number of pyridine rings is 1. The molecule has 6 nitrogen and oxygen atoms in total. The minimum Gasteiger partial charge on any atom is -0.350 e. The van der Waals surface area contributed by atoms with Gasteiger partial charge in [0.25, 0.3) is 5.91 Å². The lowest BCUT2D eigenvalue weighted by Crippen LogP contribution is -2.26. The number of carbonyl (C=O) groups is 1. The molecule has 2 heterocycles. The molecule has 3 aromatic rings. The number of hydrogen-bond acceptors (Lipinski definition) is 5. The first kappa shape index (κ1) is 17.8. The predicted molar refractivity (Wildman–Crippen MR) is 101 cm³/mol. The summed E-state index contributed by atoms with van der Waals surface area (Å²) in [4.78, 5) is 24.6. The number of nitrogens with one attached hydrogen (secondary N) is 2. The molecule has 2 aromatic heterocycles. The van der Waals surface area contributed by atoms with Crippen molar-refractivity contribution >= 4 is 23.5 Å². The van der Waals surface area contributed by atoms with Crippen LogP contribution in [0.15, 0.2) is 61.1 Å². The Balaban J connectivity index is 1.52. The van der Waals surface area contributed by atoms with E-state index < -0.39 is 0 Å². The molecule has 0 aliphatic rings. The Morgan fingerprint density at radius 1 is 1.04 bits per heavy atom. The van der Waals surface area contributed by atoms with Crippen molar-refractivity contribution < 1.29 is 4.79 Å². The van der Waals surface area contributed by atoms with Gasteiger partial charge in [0.15, 0.2) is 0 Å². The molecule has 1 amide bonds. The SMILES string of the molecule is O=C(NCCc1cccc(Cl)c1)c1ccnc(NCc2ccncc2)n1. The highest BCUT2D eigenvalue weighted by molar-refractivity contribution is 6.30. The Hall–Kier alpha value is -2.99. The lowest BCUT2D eigenvalue weighted by atomic mass is 10.1. The van der Waals surface area contributed by atoms with Gasteiger partial charge in [0.2, 0.25) is 5.95 Å². The van der Waals surface area contributed by atoms with Crippen LogP contribution in [0.3, 0.4) is 0 Å². The second-order valence-corrected chi connectivity index (χ2v) is 6.05. The van der Waals surface area contributed by atoms with Gasteiger partial charge in [-0.05, 0) is 47.9 Å². The molecule has 7 heteroatoms. The Labute approximate surface area is 156 Å². The van der Waals surface area contributed by atoms with Gasteiger partial charge in [-0.15, -0.1) is 0 Å². The topological polar surface area (TPSA) is 79.8 Å². The zero-order chi connectivity index (χ0) is 18.2. The van der Waals surface area contributed by atoms with Crippen LogP contribution < -0.4 is 10.6 Å². The fourth-order valence-corrected chi connectivity index (χ4v) is 2.57. The fraction of sp³-hybridized carbons (Fsp3) is 0.158. The third-order valence-electron chi connectivity index (χ3n) is 3.68. The van der Waals surface area contributed by atoms with E-state index in [4.69, 9.17) is 11.6 Å². The first-order valence-electron chi connectivity index (χ1n) is 8.19. The number of benzene rings is 1. The van der Waals surface area contributed by atoms with Gasteiger partial charge < -0.3 is 10.6 Å². The Morgan fingerprint density at radius 3 is 2.69 bits per heavy atom.